The van der Waals surface area contributed by atoms with Gasteiger partial charge in [0, 0.05) is 13.1 Å². The number of alkyl carbamates (subject to hydrolysis) is 1. The molecule has 212 valence electrons. The zero-order valence-corrected chi connectivity index (χ0v) is 24.2. The highest BCUT2D eigenvalue weighted by molar-refractivity contribution is 5.71. The third-order valence-corrected chi connectivity index (χ3v) is 5.62. The van der Waals surface area contributed by atoms with Gasteiger partial charge in [-0.15, -0.1) is 0 Å². The van der Waals surface area contributed by atoms with Crippen molar-refractivity contribution < 1.29 is 23.9 Å². The van der Waals surface area contributed by atoms with Crippen LogP contribution in [0.25, 0.3) is 0 Å². The quantitative estimate of drug-likeness (QED) is 0.311. The zero-order valence-electron chi connectivity index (χ0n) is 24.2. The van der Waals surface area contributed by atoms with E-state index in [1.165, 1.54) is 0 Å². The third-order valence-electron chi connectivity index (χ3n) is 5.62. The summed E-state index contributed by atoms with van der Waals surface area (Å²) in [5.74, 6) is 0. The maximum Gasteiger partial charge on any atom is 0.410 e. The molecule has 0 fully saturated rings. The topological polar surface area (TPSA) is 97.8 Å². The Bertz CT molecular complexity index is 1290. The Morgan fingerprint density at radius 2 is 1.32 bits per heavy atom. The highest BCUT2D eigenvalue weighted by Gasteiger charge is 2.23. The van der Waals surface area contributed by atoms with Gasteiger partial charge >= 0.3 is 12.2 Å². The number of carbonyl (C=O) groups is 3. The fourth-order valence-electron chi connectivity index (χ4n) is 3.84. The molecule has 0 unspecified atom stereocenters. The fourth-order valence-corrected chi connectivity index (χ4v) is 3.84. The summed E-state index contributed by atoms with van der Waals surface area (Å²) in [5, 5.41) is 2.77. The van der Waals surface area contributed by atoms with E-state index in [0.29, 0.717) is 30.8 Å². The second kappa shape index (κ2) is 13.2. The minimum atomic E-state index is -0.640. The summed E-state index contributed by atoms with van der Waals surface area (Å²) in [5.41, 5.74) is 3.97. The molecule has 1 heterocycles. The fraction of sp³-hybridized carbons (Fsp3) is 0.375. The van der Waals surface area contributed by atoms with Crippen molar-refractivity contribution in [1.82, 2.24) is 15.2 Å². The van der Waals surface area contributed by atoms with Crippen LogP contribution in [0.1, 0.15) is 80.0 Å². The van der Waals surface area contributed by atoms with Crippen molar-refractivity contribution in [3.05, 3.63) is 100 Å². The van der Waals surface area contributed by atoms with Crippen molar-refractivity contribution in [1.29, 1.82) is 0 Å². The van der Waals surface area contributed by atoms with Crippen molar-refractivity contribution in [2.24, 2.45) is 0 Å². The van der Waals surface area contributed by atoms with Crippen LogP contribution < -0.4 is 5.32 Å². The smallest absolute Gasteiger partial charge is 0.410 e. The predicted octanol–water partition coefficient (Wildman–Crippen LogP) is 6.45. The van der Waals surface area contributed by atoms with E-state index in [1.807, 2.05) is 90.1 Å². The first-order valence-electron chi connectivity index (χ1n) is 13.3. The molecule has 1 N–H and O–H groups in total. The summed E-state index contributed by atoms with van der Waals surface area (Å²) in [6.07, 6.45) is 0.552. The minimum absolute atomic E-state index is 0.216. The number of carbonyl (C=O) groups excluding carboxylic acids is 3. The normalized spacial score (nSPS) is 11.4. The van der Waals surface area contributed by atoms with Gasteiger partial charge in [-0.2, -0.15) is 0 Å². The number of benzene rings is 2. The average Bonchev–Trinajstić information content (AvgIpc) is 2.87. The van der Waals surface area contributed by atoms with Crippen molar-refractivity contribution in [2.45, 2.75) is 78.8 Å². The molecule has 2 aromatic carbocycles. The number of hydrogen-bond donors (Lipinski definition) is 1. The van der Waals surface area contributed by atoms with E-state index in [1.54, 1.807) is 23.1 Å². The number of pyridine rings is 1. The molecule has 8 nitrogen and oxygen atoms in total. The van der Waals surface area contributed by atoms with Gasteiger partial charge in [-0.05, 0) is 82.3 Å². The molecule has 0 atom stereocenters. The molecule has 0 aliphatic rings. The van der Waals surface area contributed by atoms with E-state index >= 15 is 0 Å². The van der Waals surface area contributed by atoms with Gasteiger partial charge in [-0.3, -0.25) is 9.69 Å². The molecule has 40 heavy (non-hydrogen) atoms. The first-order valence-corrected chi connectivity index (χ1v) is 13.3. The Balaban J connectivity index is 1.62. The van der Waals surface area contributed by atoms with Gasteiger partial charge in [0.1, 0.15) is 16.9 Å². The predicted molar refractivity (Wildman–Crippen MR) is 154 cm³/mol. The van der Waals surface area contributed by atoms with Crippen LogP contribution in [0.2, 0.25) is 0 Å². The van der Waals surface area contributed by atoms with Gasteiger partial charge in [0.25, 0.3) is 0 Å². The highest BCUT2D eigenvalue weighted by atomic mass is 16.6. The third kappa shape index (κ3) is 10.5. The molecule has 0 saturated heterocycles. The summed E-state index contributed by atoms with van der Waals surface area (Å²) >= 11 is 0. The number of aromatic nitrogens is 1. The van der Waals surface area contributed by atoms with E-state index in [0.717, 1.165) is 28.7 Å². The van der Waals surface area contributed by atoms with Crippen LogP contribution in [0.3, 0.4) is 0 Å². The van der Waals surface area contributed by atoms with Gasteiger partial charge < -0.3 is 14.8 Å². The number of nitrogens with one attached hydrogen (secondary N) is 1. The molecule has 0 spiro atoms. The zero-order chi connectivity index (χ0) is 29.3. The molecular weight excluding hydrogens is 506 g/mol. The second-order valence-electron chi connectivity index (χ2n) is 11.7. The summed E-state index contributed by atoms with van der Waals surface area (Å²) in [6.45, 7) is 11.9. The van der Waals surface area contributed by atoms with E-state index in [4.69, 9.17) is 9.47 Å². The van der Waals surface area contributed by atoms with Gasteiger partial charge in [0.2, 0.25) is 0 Å². The Morgan fingerprint density at radius 1 is 0.775 bits per heavy atom. The SMILES string of the molecule is CC(C)(C)OC(=O)NCc1ccc(Cc2ccc(CN(Cc3cccc(C=O)n3)C(=O)OC(C)(C)C)cc2)cc1. The molecule has 8 heteroatoms. The largest absolute Gasteiger partial charge is 0.444 e. The summed E-state index contributed by atoms with van der Waals surface area (Å²) < 4.78 is 10.9. The molecule has 2 amide bonds. The van der Waals surface area contributed by atoms with Crippen LogP contribution >= 0.6 is 0 Å². The lowest BCUT2D eigenvalue weighted by Crippen LogP contribution is -2.36. The molecule has 0 saturated carbocycles. The molecular formula is C32H39N3O5. The summed E-state index contributed by atoms with van der Waals surface area (Å²) in [7, 11) is 0. The van der Waals surface area contributed by atoms with E-state index in [9.17, 15) is 14.4 Å². The maximum atomic E-state index is 13.0. The van der Waals surface area contributed by atoms with Crippen LogP contribution in [-0.2, 0) is 35.5 Å². The Morgan fingerprint density at radius 3 is 1.88 bits per heavy atom. The molecule has 0 radical (unpaired) electrons. The molecule has 3 aromatic rings. The first-order chi connectivity index (χ1) is 18.8. The maximum absolute atomic E-state index is 13.0. The first kappa shape index (κ1) is 30.3. The minimum Gasteiger partial charge on any atom is -0.444 e. The van der Waals surface area contributed by atoms with Gasteiger partial charge in [-0.25, -0.2) is 14.6 Å². The number of aldehydes is 1. The lowest BCUT2D eigenvalue weighted by atomic mass is 10.0. The van der Waals surface area contributed by atoms with Crippen LogP contribution in [-0.4, -0.2) is 39.6 Å². The van der Waals surface area contributed by atoms with Crippen LogP contribution in [0, 0.1) is 0 Å². The lowest BCUT2D eigenvalue weighted by Gasteiger charge is -2.27. The molecule has 0 aliphatic heterocycles. The van der Waals surface area contributed by atoms with Crippen molar-refractivity contribution in [3.8, 4) is 0 Å². The number of ether oxygens (including phenoxy) is 2. The monoisotopic (exact) mass is 545 g/mol. The molecule has 0 bridgehead atoms. The van der Waals surface area contributed by atoms with E-state index < -0.39 is 23.4 Å². The molecule has 3 rings (SSSR count). The van der Waals surface area contributed by atoms with Gasteiger partial charge in [0.15, 0.2) is 6.29 Å². The van der Waals surface area contributed by atoms with Crippen molar-refractivity contribution >= 4 is 18.5 Å². The summed E-state index contributed by atoms with van der Waals surface area (Å²) in [4.78, 5) is 41.9. The van der Waals surface area contributed by atoms with Gasteiger partial charge in [0.05, 0.1) is 12.2 Å². The Kier molecular flexibility index (Phi) is 10.0. The number of amides is 2. The number of hydrogen-bond acceptors (Lipinski definition) is 6. The number of rotatable bonds is 9. The Labute approximate surface area is 236 Å². The van der Waals surface area contributed by atoms with Crippen molar-refractivity contribution in [3.63, 3.8) is 0 Å². The Hall–Kier alpha value is -4.20. The van der Waals surface area contributed by atoms with Crippen LogP contribution in [0.5, 0.6) is 0 Å². The van der Waals surface area contributed by atoms with Crippen molar-refractivity contribution in [2.75, 3.05) is 0 Å². The lowest BCUT2D eigenvalue weighted by molar-refractivity contribution is 0.0213. The highest BCUT2D eigenvalue weighted by Crippen LogP contribution is 2.18. The second-order valence-corrected chi connectivity index (χ2v) is 11.7. The van der Waals surface area contributed by atoms with Gasteiger partial charge in [-0.1, -0.05) is 54.6 Å². The molecule has 0 aliphatic carbocycles. The van der Waals surface area contributed by atoms with E-state index in [2.05, 4.69) is 10.3 Å². The number of nitrogens with zero attached hydrogens (tertiary/aromatic N) is 2. The van der Waals surface area contributed by atoms with Crippen LogP contribution in [0.15, 0.2) is 66.7 Å². The van der Waals surface area contributed by atoms with E-state index in [-0.39, 0.29) is 6.54 Å². The standard InChI is InChI=1S/C32H39N3O5/c1-31(2,3)39-29(37)33-19-25-14-10-23(11-15-25)18-24-12-16-26(17-13-24)20-35(30(38)40-32(4,5)6)21-27-8-7-9-28(22-36)34-27/h7-17,22H,18-21H2,1-6H3,(H,33,37). The van der Waals surface area contributed by atoms with Crippen LogP contribution in [0.4, 0.5) is 9.59 Å². The summed E-state index contributed by atoms with van der Waals surface area (Å²) in [6, 6.07) is 21.3. The molecule has 1 aromatic heterocycles. The average molecular weight is 546 g/mol.